The molecular formula is C14H16N4O3. The Morgan fingerprint density at radius 2 is 1.71 bits per heavy atom. The molecule has 1 aromatic heterocycles. The van der Waals surface area contributed by atoms with Gasteiger partial charge < -0.3 is 20.1 Å². The highest BCUT2D eigenvalue weighted by Crippen LogP contribution is 2.25. The summed E-state index contributed by atoms with van der Waals surface area (Å²) in [6.07, 6.45) is 0. The van der Waals surface area contributed by atoms with Crippen molar-refractivity contribution >= 4 is 17.4 Å². The van der Waals surface area contributed by atoms with Gasteiger partial charge in [0.2, 0.25) is 0 Å². The lowest BCUT2D eigenvalue weighted by Gasteiger charge is -2.09. The largest absolute Gasteiger partial charge is 0.497 e. The first-order valence-corrected chi connectivity index (χ1v) is 6.22. The van der Waals surface area contributed by atoms with E-state index in [9.17, 15) is 4.79 Å². The van der Waals surface area contributed by atoms with Crippen LogP contribution in [0.25, 0.3) is 0 Å². The summed E-state index contributed by atoms with van der Waals surface area (Å²) in [6, 6.07) is 8.36. The Kier molecular flexibility index (Phi) is 4.55. The van der Waals surface area contributed by atoms with E-state index in [-0.39, 0.29) is 11.6 Å². The quantitative estimate of drug-likeness (QED) is 0.872. The lowest BCUT2D eigenvalue weighted by Crippen LogP contribution is -2.14. The summed E-state index contributed by atoms with van der Waals surface area (Å²) in [5, 5.41) is 13.3. The molecule has 1 amide bonds. The highest BCUT2D eigenvalue weighted by atomic mass is 16.5. The van der Waals surface area contributed by atoms with Crippen LogP contribution in [0.3, 0.4) is 0 Å². The number of benzene rings is 1. The van der Waals surface area contributed by atoms with Crippen LogP contribution < -0.4 is 20.1 Å². The second kappa shape index (κ2) is 6.56. The fourth-order valence-corrected chi connectivity index (χ4v) is 1.66. The summed E-state index contributed by atoms with van der Waals surface area (Å²) in [5.74, 6) is 1.40. The van der Waals surface area contributed by atoms with Gasteiger partial charge in [-0.2, -0.15) is 0 Å². The van der Waals surface area contributed by atoms with Gasteiger partial charge in [-0.1, -0.05) is 0 Å². The number of carbonyl (C=O) groups excluding carboxylic acids is 1. The number of hydrogen-bond donors (Lipinski definition) is 2. The van der Waals surface area contributed by atoms with E-state index in [0.29, 0.717) is 23.0 Å². The molecule has 0 fully saturated rings. The zero-order valence-electron chi connectivity index (χ0n) is 12.0. The van der Waals surface area contributed by atoms with Gasteiger partial charge in [0.1, 0.15) is 17.3 Å². The predicted molar refractivity (Wildman–Crippen MR) is 79.1 cm³/mol. The molecule has 0 unspecified atom stereocenters. The van der Waals surface area contributed by atoms with Gasteiger partial charge in [0.05, 0.1) is 14.2 Å². The molecule has 1 heterocycles. The molecule has 0 atom stereocenters. The van der Waals surface area contributed by atoms with Crippen LogP contribution in [-0.4, -0.2) is 37.4 Å². The number of ether oxygens (including phenoxy) is 2. The molecule has 0 saturated carbocycles. The van der Waals surface area contributed by atoms with Crippen molar-refractivity contribution in [3.8, 4) is 11.5 Å². The lowest BCUT2D eigenvalue weighted by atomic mass is 10.2. The number of aromatic nitrogens is 2. The van der Waals surface area contributed by atoms with E-state index in [2.05, 4.69) is 20.8 Å². The Balaban J connectivity index is 2.18. The van der Waals surface area contributed by atoms with Crippen LogP contribution in [0.5, 0.6) is 11.5 Å². The first-order chi connectivity index (χ1) is 10.2. The van der Waals surface area contributed by atoms with Gasteiger partial charge in [-0.05, 0) is 12.1 Å². The Morgan fingerprint density at radius 1 is 1.05 bits per heavy atom. The van der Waals surface area contributed by atoms with Crippen molar-refractivity contribution in [2.45, 2.75) is 0 Å². The molecule has 7 nitrogen and oxygen atoms in total. The van der Waals surface area contributed by atoms with Crippen molar-refractivity contribution in [2.75, 3.05) is 31.9 Å². The zero-order chi connectivity index (χ0) is 15.2. The number of rotatable bonds is 5. The topological polar surface area (TPSA) is 85.4 Å². The molecule has 0 aliphatic heterocycles. The maximum absolute atomic E-state index is 12.1. The van der Waals surface area contributed by atoms with Gasteiger partial charge in [-0.3, -0.25) is 4.79 Å². The predicted octanol–water partition coefficient (Wildman–Crippen LogP) is 1.79. The zero-order valence-corrected chi connectivity index (χ0v) is 12.0. The highest BCUT2D eigenvalue weighted by molar-refractivity contribution is 6.03. The average molecular weight is 288 g/mol. The van der Waals surface area contributed by atoms with Crippen molar-refractivity contribution in [3.63, 3.8) is 0 Å². The second-order valence-electron chi connectivity index (χ2n) is 4.11. The molecule has 0 spiro atoms. The number of amides is 1. The molecule has 21 heavy (non-hydrogen) atoms. The number of methoxy groups -OCH3 is 2. The number of anilines is 2. The van der Waals surface area contributed by atoms with E-state index in [1.54, 1.807) is 51.6 Å². The van der Waals surface area contributed by atoms with E-state index >= 15 is 0 Å². The van der Waals surface area contributed by atoms with Crippen LogP contribution in [0.1, 0.15) is 10.5 Å². The Morgan fingerprint density at radius 3 is 2.19 bits per heavy atom. The van der Waals surface area contributed by atoms with Gasteiger partial charge in [0.15, 0.2) is 5.69 Å². The van der Waals surface area contributed by atoms with E-state index in [4.69, 9.17) is 9.47 Å². The average Bonchev–Trinajstić information content (AvgIpc) is 2.54. The van der Waals surface area contributed by atoms with Gasteiger partial charge in [0.25, 0.3) is 5.91 Å². The number of carbonyl (C=O) groups is 1. The molecule has 110 valence electrons. The molecule has 0 aliphatic rings. The fourth-order valence-electron chi connectivity index (χ4n) is 1.66. The Bertz CT molecular complexity index is 606. The van der Waals surface area contributed by atoms with Gasteiger partial charge in [0, 0.05) is 30.9 Å². The minimum atomic E-state index is -0.361. The first kappa shape index (κ1) is 14.6. The second-order valence-corrected chi connectivity index (χ2v) is 4.11. The van der Waals surface area contributed by atoms with Crippen molar-refractivity contribution < 1.29 is 14.3 Å². The minimum Gasteiger partial charge on any atom is -0.497 e. The fraction of sp³-hybridized carbons (Fsp3) is 0.214. The van der Waals surface area contributed by atoms with Crippen LogP contribution in [-0.2, 0) is 0 Å². The van der Waals surface area contributed by atoms with E-state index < -0.39 is 0 Å². The van der Waals surface area contributed by atoms with Crippen LogP contribution in [0.2, 0.25) is 0 Å². The standard InChI is InChI=1S/C14H16N4O3/c1-15-13-5-4-12(17-18-13)14(19)16-9-6-10(20-2)8-11(7-9)21-3/h4-8H,1-3H3,(H,15,18)(H,16,19). The van der Waals surface area contributed by atoms with Gasteiger partial charge >= 0.3 is 0 Å². The molecule has 0 radical (unpaired) electrons. The van der Waals surface area contributed by atoms with Crippen molar-refractivity contribution in [3.05, 3.63) is 36.0 Å². The molecule has 1 aromatic carbocycles. The SMILES string of the molecule is CNc1ccc(C(=O)Nc2cc(OC)cc(OC)c2)nn1. The lowest BCUT2D eigenvalue weighted by molar-refractivity contribution is 0.102. The van der Waals surface area contributed by atoms with Crippen LogP contribution in [0, 0.1) is 0 Å². The third-order valence-electron chi connectivity index (χ3n) is 2.76. The van der Waals surface area contributed by atoms with E-state index in [0.717, 1.165) is 0 Å². The summed E-state index contributed by atoms with van der Waals surface area (Å²) in [6.45, 7) is 0. The Labute approximate surface area is 122 Å². The summed E-state index contributed by atoms with van der Waals surface area (Å²) in [4.78, 5) is 12.1. The molecule has 2 aromatic rings. The van der Waals surface area contributed by atoms with Crippen molar-refractivity contribution in [1.82, 2.24) is 10.2 Å². The van der Waals surface area contributed by atoms with Crippen LogP contribution >= 0.6 is 0 Å². The number of hydrogen-bond acceptors (Lipinski definition) is 6. The maximum Gasteiger partial charge on any atom is 0.276 e. The van der Waals surface area contributed by atoms with Crippen LogP contribution in [0.15, 0.2) is 30.3 Å². The third kappa shape index (κ3) is 3.59. The molecule has 2 N–H and O–H groups in total. The van der Waals surface area contributed by atoms with Crippen molar-refractivity contribution in [1.29, 1.82) is 0 Å². The van der Waals surface area contributed by atoms with Crippen LogP contribution in [0.4, 0.5) is 11.5 Å². The summed E-state index contributed by atoms with van der Waals surface area (Å²) in [5.41, 5.74) is 0.770. The van der Waals surface area contributed by atoms with Gasteiger partial charge in [-0.15, -0.1) is 10.2 Å². The van der Waals surface area contributed by atoms with E-state index in [1.165, 1.54) is 0 Å². The number of nitrogens with one attached hydrogen (secondary N) is 2. The van der Waals surface area contributed by atoms with Crippen molar-refractivity contribution in [2.24, 2.45) is 0 Å². The third-order valence-corrected chi connectivity index (χ3v) is 2.76. The molecule has 0 aliphatic carbocycles. The summed E-state index contributed by atoms with van der Waals surface area (Å²) < 4.78 is 10.3. The monoisotopic (exact) mass is 288 g/mol. The smallest absolute Gasteiger partial charge is 0.276 e. The van der Waals surface area contributed by atoms with E-state index in [1.807, 2.05) is 0 Å². The summed E-state index contributed by atoms with van der Waals surface area (Å²) >= 11 is 0. The number of nitrogens with zero attached hydrogens (tertiary/aromatic N) is 2. The van der Waals surface area contributed by atoms with Gasteiger partial charge in [-0.25, -0.2) is 0 Å². The summed E-state index contributed by atoms with van der Waals surface area (Å²) in [7, 11) is 4.82. The molecule has 7 heteroatoms. The molecule has 0 bridgehead atoms. The Hall–Kier alpha value is -2.83. The molecular weight excluding hydrogens is 272 g/mol. The first-order valence-electron chi connectivity index (χ1n) is 6.22. The normalized spacial score (nSPS) is 9.86. The molecule has 0 saturated heterocycles. The highest BCUT2D eigenvalue weighted by Gasteiger charge is 2.10. The molecule has 2 rings (SSSR count). The maximum atomic E-state index is 12.1. The minimum absolute atomic E-state index is 0.218.